The molecule has 1 rings (SSSR count). The van der Waals surface area contributed by atoms with Gasteiger partial charge >= 0.3 is 5.97 Å². The summed E-state index contributed by atoms with van der Waals surface area (Å²) in [5.74, 6) is -0.820. The molecule has 0 aromatic carbocycles. The Labute approximate surface area is 78.1 Å². The van der Waals surface area contributed by atoms with E-state index < -0.39 is 11.5 Å². The minimum Gasteiger partial charge on any atom is -0.481 e. The zero-order valence-corrected chi connectivity index (χ0v) is 7.95. The predicted molar refractivity (Wildman–Crippen MR) is 48.4 cm³/mol. The van der Waals surface area contributed by atoms with Crippen molar-refractivity contribution >= 4 is 5.97 Å². The molecule has 0 aromatic heterocycles. The highest BCUT2D eigenvalue weighted by atomic mass is 16.5. The van der Waals surface area contributed by atoms with Gasteiger partial charge in [-0.3, -0.25) is 4.79 Å². The van der Waals surface area contributed by atoms with E-state index in [-0.39, 0.29) is 12.5 Å². The molecular weight excluding hydrogens is 170 g/mol. The third-order valence-corrected chi connectivity index (χ3v) is 2.55. The molecule has 0 radical (unpaired) electrons. The average Bonchev–Trinajstić information content (AvgIpc) is 2.02. The van der Waals surface area contributed by atoms with E-state index >= 15 is 0 Å². The van der Waals surface area contributed by atoms with E-state index in [1.165, 1.54) is 0 Å². The first kappa shape index (κ1) is 10.5. The van der Waals surface area contributed by atoms with Crippen LogP contribution in [0.1, 0.15) is 32.6 Å². The van der Waals surface area contributed by atoms with Crippen molar-refractivity contribution < 1.29 is 14.6 Å². The second-order valence-corrected chi connectivity index (χ2v) is 3.79. The molecule has 1 fully saturated rings. The maximum atomic E-state index is 10.5. The van der Waals surface area contributed by atoms with Gasteiger partial charge in [-0.25, -0.2) is 0 Å². The molecule has 0 spiro atoms. The molecule has 0 saturated carbocycles. The maximum Gasteiger partial charge on any atom is 0.305 e. The van der Waals surface area contributed by atoms with E-state index in [0.717, 1.165) is 6.42 Å². The van der Waals surface area contributed by atoms with Crippen LogP contribution < -0.4 is 5.73 Å². The lowest BCUT2D eigenvalue weighted by molar-refractivity contribution is -0.139. The Kier molecular flexibility index (Phi) is 3.27. The summed E-state index contributed by atoms with van der Waals surface area (Å²) in [4.78, 5) is 10.5. The number of carbonyl (C=O) groups is 1. The van der Waals surface area contributed by atoms with Crippen molar-refractivity contribution in [2.24, 2.45) is 5.73 Å². The molecule has 13 heavy (non-hydrogen) atoms. The van der Waals surface area contributed by atoms with Crippen molar-refractivity contribution in [2.45, 2.75) is 44.2 Å². The van der Waals surface area contributed by atoms with Gasteiger partial charge in [0.05, 0.1) is 12.5 Å². The highest BCUT2D eigenvalue weighted by Gasteiger charge is 2.34. The maximum absolute atomic E-state index is 10.5. The predicted octanol–water partition coefficient (Wildman–Crippen LogP) is 0.748. The van der Waals surface area contributed by atoms with Gasteiger partial charge in [0.25, 0.3) is 0 Å². The molecule has 1 saturated heterocycles. The highest BCUT2D eigenvalue weighted by molar-refractivity contribution is 5.68. The van der Waals surface area contributed by atoms with E-state index in [9.17, 15) is 4.79 Å². The Morgan fingerprint density at radius 3 is 3.00 bits per heavy atom. The van der Waals surface area contributed by atoms with Crippen LogP contribution in [0.3, 0.4) is 0 Å². The second-order valence-electron chi connectivity index (χ2n) is 3.79. The number of aliphatic carboxylic acids is 1. The Morgan fingerprint density at radius 1 is 1.77 bits per heavy atom. The van der Waals surface area contributed by atoms with Crippen LogP contribution in [0.25, 0.3) is 0 Å². The highest BCUT2D eigenvalue weighted by Crippen LogP contribution is 2.26. The molecule has 2 atom stereocenters. The van der Waals surface area contributed by atoms with E-state index in [2.05, 4.69) is 0 Å². The number of hydrogen-bond donors (Lipinski definition) is 2. The molecule has 4 nitrogen and oxygen atoms in total. The molecule has 1 aliphatic rings. The van der Waals surface area contributed by atoms with Gasteiger partial charge in [0, 0.05) is 12.1 Å². The first-order valence-electron chi connectivity index (χ1n) is 4.68. The molecule has 0 aromatic rings. The third kappa shape index (κ3) is 2.97. The van der Waals surface area contributed by atoms with Crippen LogP contribution in [-0.4, -0.2) is 29.3 Å². The molecule has 0 bridgehead atoms. The van der Waals surface area contributed by atoms with Crippen LogP contribution in [0.2, 0.25) is 0 Å². The quantitative estimate of drug-likeness (QED) is 0.683. The molecule has 2 unspecified atom stereocenters. The number of nitrogens with two attached hydrogens (primary N) is 1. The van der Waals surface area contributed by atoms with Gasteiger partial charge in [-0.1, -0.05) is 6.92 Å². The molecule has 0 aliphatic carbocycles. The summed E-state index contributed by atoms with van der Waals surface area (Å²) in [6.45, 7) is 2.61. The fraction of sp³-hybridized carbons (Fsp3) is 0.889. The lowest BCUT2D eigenvalue weighted by atomic mass is 9.84. The fourth-order valence-electron chi connectivity index (χ4n) is 1.77. The van der Waals surface area contributed by atoms with Crippen LogP contribution in [0, 0.1) is 0 Å². The van der Waals surface area contributed by atoms with Crippen molar-refractivity contribution in [1.82, 2.24) is 0 Å². The SMILES string of the molecule is CCC1CC(N)(CC(=O)O)CCO1. The summed E-state index contributed by atoms with van der Waals surface area (Å²) >= 11 is 0. The zero-order chi connectivity index (χ0) is 9.90. The van der Waals surface area contributed by atoms with Gasteiger partial charge in [-0.15, -0.1) is 0 Å². The van der Waals surface area contributed by atoms with Crippen LogP contribution >= 0.6 is 0 Å². The largest absolute Gasteiger partial charge is 0.481 e. The first-order chi connectivity index (χ1) is 6.06. The fourth-order valence-corrected chi connectivity index (χ4v) is 1.77. The number of carboxylic acids is 1. The second kappa shape index (κ2) is 4.07. The first-order valence-corrected chi connectivity index (χ1v) is 4.68. The van der Waals surface area contributed by atoms with Gasteiger partial charge in [-0.2, -0.15) is 0 Å². The average molecular weight is 187 g/mol. The minimum absolute atomic E-state index is 0.0485. The van der Waals surface area contributed by atoms with Crippen LogP contribution in [0.5, 0.6) is 0 Å². The number of rotatable bonds is 3. The van der Waals surface area contributed by atoms with Crippen molar-refractivity contribution in [2.75, 3.05) is 6.61 Å². The summed E-state index contributed by atoms with van der Waals surface area (Å²) in [5.41, 5.74) is 5.41. The standard InChI is InChI=1S/C9H17NO3/c1-2-7-5-9(10,3-4-13-7)6-8(11)12/h7H,2-6,10H2,1H3,(H,11,12). The summed E-state index contributed by atoms with van der Waals surface area (Å²) < 4.78 is 5.43. The van der Waals surface area contributed by atoms with Crippen molar-refractivity contribution in [3.63, 3.8) is 0 Å². The summed E-state index contributed by atoms with van der Waals surface area (Å²) in [5, 5.41) is 8.67. The van der Waals surface area contributed by atoms with Crippen molar-refractivity contribution in [1.29, 1.82) is 0 Å². The lowest BCUT2D eigenvalue weighted by Gasteiger charge is -2.36. The molecule has 1 heterocycles. The normalized spacial score (nSPS) is 34.5. The van der Waals surface area contributed by atoms with Gasteiger partial charge in [-0.05, 0) is 19.3 Å². The van der Waals surface area contributed by atoms with Gasteiger partial charge < -0.3 is 15.6 Å². The Balaban J connectivity index is 2.51. The molecule has 1 aliphatic heterocycles. The number of ether oxygens (including phenoxy) is 1. The van der Waals surface area contributed by atoms with E-state index in [1.54, 1.807) is 0 Å². The molecular formula is C9H17NO3. The smallest absolute Gasteiger partial charge is 0.305 e. The molecule has 3 N–H and O–H groups in total. The molecule has 4 heteroatoms. The summed E-state index contributed by atoms with van der Waals surface area (Å²) in [6.07, 6.45) is 2.40. The van der Waals surface area contributed by atoms with E-state index in [1.807, 2.05) is 6.92 Å². The van der Waals surface area contributed by atoms with Gasteiger partial charge in [0.15, 0.2) is 0 Å². The monoisotopic (exact) mass is 187 g/mol. The zero-order valence-electron chi connectivity index (χ0n) is 7.95. The number of hydrogen-bond acceptors (Lipinski definition) is 3. The van der Waals surface area contributed by atoms with Crippen molar-refractivity contribution in [3.05, 3.63) is 0 Å². The summed E-state index contributed by atoms with van der Waals surface area (Å²) in [7, 11) is 0. The van der Waals surface area contributed by atoms with E-state index in [0.29, 0.717) is 19.4 Å². The van der Waals surface area contributed by atoms with Crippen LogP contribution in [0.4, 0.5) is 0 Å². The third-order valence-electron chi connectivity index (χ3n) is 2.55. The molecule has 76 valence electrons. The van der Waals surface area contributed by atoms with Gasteiger partial charge in [0.2, 0.25) is 0 Å². The topological polar surface area (TPSA) is 72.6 Å². The minimum atomic E-state index is -0.820. The van der Waals surface area contributed by atoms with Crippen LogP contribution in [-0.2, 0) is 9.53 Å². The van der Waals surface area contributed by atoms with Crippen molar-refractivity contribution in [3.8, 4) is 0 Å². The van der Waals surface area contributed by atoms with Crippen LogP contribution in [0.15, 0.2) is 0 Å². The number of carboxylic acid groups (broad SMARTS) is 1. The Morgan fingerprint density at radius 2 is 2.46 bits per heavy atom. The summed E-state index contributed by atoms with van der Waals surface area (Å²) in [6, 6.07) is 0. The Bertz CT molecular complexity index is 195. The molecule has 0 amide bonds. The Hall–Kier alpha value is -0.610. The van der Waals surface area contributed by atoms with Gasteiger partial charge in [0.1, 0.15) is 0 Å². The van der Waals surface area contributed by atoms with E-state index in [4.69, 9.17) is 15.6 Å². The lowest BCUT2D eigenvalue weighted by Crippen LogP contribution is -2.49.